The summed E-state index contributed by atoms with van der Waals surface area (Å²) in [6.45, 7) is 5.93. The molecular formula is C14H26O9. The van der Waals surface area contributed by atoms with E-state index in [0.29, 0.717) is 13.2 Å². The molecule has 0 atom stereocenters. The quantitative estimate of drug-likeness (QED) is 0.227. The van der Waals surface area contributed by atoms with E-state index in [2.05, 4.69) is 18.9 Å². The van der Waals surface area contributed by atoms with Gasteiger partial charge in [-0.2, -0.15) is 0 Å². The van der Waals surface area contributed by atoms with Crippen molar-refractivity contribution >= 4 is 17.9 Å². The Morgan fingerprint density at radius 3 is 1.26 bits per heavy atom. The fourth-order valence-electron chi connectivity index (χ4n) is 0.934. The van der Waals surface area contributed by atoms with Crippen LogP contribution in [0.1, 0.15) is 20.8 Å². The maximum Gasteiger partial charge on any atom is 0.302 e. The third kappa shape index (κ3) is 29.0. The molecule has 0 rings (SSSR count). The van der Waals surface area contributed by atoms with Crippen molar-refractivity contribution in [3.63, 3.8) is 0 Å². The minimum Gasteiger partial charge on any atom is -0.463 e. The molecule has 0 N–H and O–H groups in total. The highest BCUT2D eigenvalue weighted by Gasteiger charge is 1.94. The van der Waals surface area contributed by atoms with Gasteiger partial charge >= 0.3 is 17.9 Å². The van der Waals surface area contributed by atoms with Gasteiger partial charge in [0.1, 0.15) is 26.6 Å². The van der Waals surface area contributed by atoms with Gasteiger partial charge in [0.15, 0.2) is 0 Å². The topological polar surface area (TPSA) is 107 Å². The molecule has 136 valence electrons. The number of hydrogen-bond donors (Lipinski definition) is 0. The zero-order valence-electron chi connectivity index (χ0n) is 14.1. The minimum atomic E-state index is -0.339. The molecular weight excluding hydrogens is 312 g/mol. The van der Waals surface area contributed by atoms with Crippen LogP contribution < -0.4 is 0 Å². The van der Waals surface area contributed by atoms with E-state index < -0.39 is 0 Å². The van der Waals surface area contributed by atoms with Crippen LogP contribution in [0.25, 0.3) is 0 Å². The van der Waals surface area contributed by atoms with Crippen LogP contribution >= 0.6 is 0 Å². The van der Waals surface area contributed by atoms with Crippen LogP contribution in [0, 0.1) is 0 Å². The Bertz CT molecular complexity index is 297. The third-order valence-corrected chi connectivity index (χ3v) is 1.83. The standard InChI is InChI=1S/C9H16O6.C5H10O3/c1-8(10)14-5-3-12-7-13-4-6-15-9(2)11;1-5(6)8-4-3-7-2/h3-7H2,1-2H3;3-4H2,1-2H3. The smallest absolute Gasteiger partial charge is 0.302 e. The Morgan fingerprint density at radius 1 is 0.609 bits per heavy atom. The molecule has 23 heavy (non-hydrogen) atoms. The number of esters is 3. The van der Waals surface area contributed by atoms with Crippen molar-refractivity contribution in [2.75, 3.05) is 53.5 Å². The molecule has 0 radical (unpaired) electrons. The van der Waals surface area contributed by atoms with Crippen molar-refractivity contribution in [3.05, 3.63) is 0 Å². The first-order valence-electron chi connectivity index (χ1n) is 6.94. The van der Waals surface area contributed by atoms with Crippen molar-refractivity contribution in [2.45, 2.75) is 20.8 Å². The summed E-state index contributed by atoms with van der Waals surface area (Å²) in [7, 11) is 1.56. The van der Waals surface area contributed by atoms with Gasteiger partial charge < -0.3 is 28.4 Å². The van der Waals surface area contributed by atoms with Gasteiger partial charge in [-0.3, -0.25) is 14.4 Å². The average Bonchev–Trinajstić information content (AvgIpc) is 2.45. The van der Waals surface area contributed by atoms with Crippen LogP contribution in [-0.2, 0) is 42.8 Å². The van der Waals surface area contributed by atoms with Gasteiger partial charge in [-0.1, -0.05) is 0 Å². The molecule has 0 unspecified atom stereocenters. The van der Waals surface area contributed by atoms with E-state index in [4.69, 9.17) is 9.47 Å². The predicted molar refractivity (Wildman–Crippen MR) is 78.5 cm³/mol. The normalized spacial score (nSPS) is 9.39. The predicted octanol–water partition coefficient (Wildman–Crippen LogP) is 0.299. The van der Waals surface area contributed by atoms with Crippen LogP contribution in [0.5, 0.6) is 0 Å². The van der Waals surface area contributed by atoms with Gasteiger partial charge in [-0.25, -0.2) is 0 Å². The monoisotopic (exact) mass is 338 g/mol. The highest BCUT2D eigenvalue weighted by molar-refractivity contribution is 5.66. The first-order valence-corrected chi connectivity index (χ1v) is 6.94. The van der Waals surface area contributed by atoms with E-state index in [-0.39, 0.29) is 51.1 Å². The fourth-order valence-corrected chi connectivity index (χ4v) is 0.934. The second-order valence-electron chi connectivity index (χ2n) is 3.95. The summed E-state index contributed by atoms with van der Waals surface area (Å²) >= 11 is 0. The number of hydrogen-bond acceptors (Lipinski definition) is 9. The van der Waals surface area contributed by atoms with Crippen LogP contribution in [-0.4, -0.2) is 71.5 Å². The summed E-state index contributed by atoms with van der Waals surface area (Å²) < 4.78 is 28.3. The minimum absolute atomic E-state index is 0.0858. The second kappa shape index (κ2) is 18.3. The van der Waals surface area contributed by atoms with Gasteiger partial charge in [-0.15, -0.1) is 0 Å². The Kier molecular flexibility index (Phi) is 18.8. The average molecular weight is 338 g/mol. The van der Waals surface area contributed by atoms with Gasteiger partial charge in [0.05, 0.1) is 19.8 Å². The first-order chi connectivity index (χ1) is 10.9. The zero-order valence-corrected chi connectivity index (χ0v) is 14.1. The highest BCUT2D eigenvalue weighted by Crippen LogP contribution is 1.83. The highest BCUT2D eigenvalue weighted by atomic mass is 16.7. The maximum atomic E-state index is 10.3. The van der Waals surface area contributed by atoms with E-state index in [0.717, 1.165) is 0 Å². The Labute approximate surface area is 136 Å². The molecule has 0 fully saturated rings. The van der Waals surface area contributed by atoms with Gasteiger partial charge in [0.2, 0.25) is 0 Å². The third-order valence-electron chi connectivity index (χ3n) is 1.83. The lowest BCUT2D eigenvalue weighted by atomic mass is 10.7. The van der Waals surface area contributed by atoms with Crippen molar-refractivity contribution in [1.29, 1.82) is 0 Å². The molecule has 0 aromatic carbocycles. The molecule has 0 aromatic rings. The van der Waals surface area contributed by atoms with Crippen molar-refractivity contribution in [2.24, 2.45) is 0 Å². The first kappa shape index (κ1) is 23.6. The Balaban J connectivity index is 0. The van der Waals surface area contributed by atoms with Gasteiger partial charge in [0.25, 0.3) is 0 Å². The van der Waals surface area contributed by atoms with E-state index in [9.17, 15) is 14.4 Å². The summed E-state index contributed by atoms with van der Waals surface area (Å²) in [6, 6.07) is 0. The number of ether oxygens (including phenoxy) is 6. The van der Waals surface area contributed by atoms with Gasteiger partial charge in [-0.05, 0) is 0 Å². The zero-order chi connectivity index (χ0) is 17.9. The molecule has 0 aliphatic heterocycles. The lowest BCUT2D eigenvalue weighted by molar-refractivity contribution is -0.147. The Hall–Kier alpha value is -1.71. The summed E-state index contributed by atoms with van der Waals surface area (Å²) in [5, 5.41) is 0. The summed E-state index contributed by atoms with van der Waals surface area (Å²) in [6.07, 6.45) is 0. The number of carbonyl (C=O) groups is 3. The van der Waals surface area contributed by atoms with E-state index in [1.807, 2.05) is 0 Å². The molecule has 0 saturated heterocycles. The molecule has 0 amide bonds. The SMILES string of the molecule is CC(=O)OCCOCOCCOC(C)=O.COCCOC(C)=O. The summed E-state index contributed by atoms with van der Waals surface area (Å²) in [5.74, 6) is -0.939. The number of methoxy groups -OCH3 is 1. The van der Waals surface area contributed by atoms with Crippen molar-refractivity contribution in [3.8, 4) is 0 Å². The molecule has 0 aliphatic rings. The molecule has 9 nitrogen and oxygen atoms in total. The van der Waals surface area contributed by atoms with Crippen LogP contribution in [0.2, 0.25) is 0 Å². The van der Waals surface area contributed by atoms with Crippen LogP contribution in [0.15, 0.2) is 0 Å². The maximum absolute atomic E-state index is 10.3. The van der Waals surface area contributed by atoms with E-state index in [1.165, 1.54) is 20.8 Å². The summed E-state index contributed by atoms with van der Waals surface area (Å²) in [5.41, 5.74) is 0. The Morgan fingerprint density at radius 2 is 0.957 bits per heavy atom. The van der Waals surface area contributed by atoms with Crippen LogP contribution in [0.4, 0.5) is 0 Å². The summed E-state index contributed by atoms with van der Waals surface area (Å²) in [4.78, 5) is 30.7. The van der Waals surface area contributed by atoms with E-state index >= 15 is 0 Å². The lowest BCUT2D eigenvalue weighted by Gasteiger charge is -2.05. The number of rotatable bonds is 11. The van der Waals surface area contributed by atoms with Crippen molar-refractivity contribution < 1.29 is 42.8 Å². The molecule has 0 saturated carbocycles. The molecule has 9 heteroatoms. The van der Waals surface area contributed by atoms with Crippen molar-refractivity contribution in [1.82, 2.24) is 0 Å². The second-order valence-corrected chi connectivity index (χ2v) is 3.95. The largest absolute Gasteiger partial charge is 0.463 e. The number of carbonyl (C=O) groups excluding carboxylic acids is 3. The molecule has 0 spiro atoms. The van der Waals surface area contributed by atoms with E-state index in [1.54, 1.807) is 7.11 Å². The molecule has 0 aliphatic carbocycles. The van der Waals surface area contributed by atoms with Gasteiger partial charge in [0, 0.05) is 27.9 Å². The molecule has 0 heterocycles. The van der Waals surface area contributed by atoms with Crippen LogP contribution in [0.3, 0.4) is 0 Å². The lowest BCUT2D eigenvalue weighted by Crippen LogP contribution is -2.12. The molecule has 0 bridgehead atoms. The molecule has 0 aromatic heterocycles. The fraction of sp³-hybridized carbons (Fsp3) is 0.786.